The van der Waals surface area contributed by atoms with Gasteiger partial charge in [-0.05, 0) is 24.0 Å². The van der Waals surface area contributed by atoms with Gasteiger partial charge in [-0.3, -0.25) is 9.48 Å². The maximum absolute atomic E-state index is 13.0. The van der Waals surface area contributed by atoms with Crippen LogP contribution in [0.25, 0.3) is 0 Å². The first kappa shape index (κ1) is 21.7. The Morgan fingerprint density at radius 2 is 1.97 bits per heavy atom. The van der Waals surface area contributed by atoms with Crippen molar-refractivity contribution in [1.82, 2.24) is 24.7 Å². The Bertz CT molecular complexity index is 1140. The number of hydrogen-bond donors (Lipinski definition) is 2. The predicted molar refractivity (Wildman–Crippen MR) is 120 cm³/mol. The highest BCUT2D eigenvalue weighted by molar-refractivity contribution is 6.03. The fourth-order valence-electron chi connectivity index (χ4n) is 3.95. The van der Waals surface area contributed by atoms with E-state index in [4.69, 9.17) is 0 Å². The number of fused-ring (bicyclic) bond motifs is 1. The zero-order valence-corrected chi connectivity index (χ0v) is 18.8. The van der Waals surface area contributed by atoms with Crippen LogP contribution >= 0.6 is 0 Å². The van der Waals surface area contributed by atoms with Gasteiger partial charge in [0, 0.05) is 31.5 Å². The van der Waals surface area contributed by atoms with E-state index < -0.39 is 5.95 Å². The van der Waals surface area contributed by atoms with Crippen molar-refractivity contribution >= 4 is 23.4 Å². The molecule has 0 radical (unpaired) electrons. The van der Waals surface area contributed by atoms with Crippen LogP contribution in [0.5, 0.6) is 0 Å². The number of halogens is 1. The van der Waals surface area contributed by atoms with Gasteiger partial charge in [0.1, 0.15) is 11.7 Å². The number of rotatable bonds is 5. The number of pyridine rings is 1. The van der Waals surface area contributed by atoms with Gasteiger partial charge in [0.25, 0.3) is 0 Å². The van der Waals surface area contributed by atoms with E-state index in [9.17, 15) is 9.18 Å². The first-order valence-electron chi connectivity index (χ1n) is 10.4. The molecule has 1 aliphatic rings. The Morgan fingerprint density at radius 3 is 2.66 bits per heavy atom. The average molecular weight is 439 g/mol. The van der Waals surface area contributed by atoms with E-state index in [-0.39, 0.29) is 17.4 Å². The van der Waals surface area contributed by atoms with Crippen LogP contribution in [-0.2, 0) is 17.9 Å². The monoisotopic (exact) mass is 438 g/mol. The highest BCUT2D eigenvalue weighted by Crippen LogP contribution is 2.37. The van der Waals surface area contributed by atoms with Crippen molar-refractivity contribution in [2.75, 3.05) is 22.6 Å². The van der Waals surface area contributed by atoms with E-state index in [1.54, 1.807) is 16.9 Å². The van der Waals surface area contributed by atoms with Crippen molar-refractivity contribution in [2.45, 2.75) is 46.8 Å². The van der Waals surface area contributed by atoms with Crippen LogP contribution in [0, 0.1) is 18.3 Å². The van der Waals surface area contributed by atoms with E-state index in [1.807, 2.05) is 45.8 Å². The minimum absolute atomic E-state index is 0.0522. The summed E-state index contributed by atoms with van der Waals surface area (Å²) in [6.07, 6.45) is 5.17. The van der Waals surface area contributed by atoms with E-state index in [1.165, 1.54) is 12.3 Å². The molecule has 0 saturated carbocycles. The quantitative estimate of drug-likeness (QED) is 0.591. The summed E-state index contributed by atoms with van der Waals surface area (Å²) in [4.78, 5) is 27.4. The number of aryl methyl sites for hydroxylation is 1. The lowest BCUT2D eigenvalue weighted by atomic mass is 9.84. The van der Waals surface area contributed by atoms with Gasteiger partial charge < -0.3 is 15.5 Å². The van der Waals surface area contributed by atoms with Crippen LogP contribution in [0.1, 0.15) is 37.6 Å². The third-order valence-electron chi connectivity index (χ3n) is 5.38. The van der Waals surface area contributed by atoms with Crippen LogP contribution in [0.2, 0.25) is 0 Å². The molecule has 4 rings (SSSR count). The number of nitrogens with one attached hydrogen (secondary N) is 2. The molecule has 1 aliphatic heterocycles. The molecular formula is C22H27FN8O. The van der Waals surface area contributed by atoms with Crippen LogP contribution in [-0.4, -0.2) is 43.7 Å². The molecule has 168 valence electrons. The van der Waals surface area contributed by atoms with Crippen molar-refractivity contribution in [2.24, 2.45) is 5.41 Å². The zero-order chi connectivity index (χ0) is 23.0. The van der Waals surface area contributed by atoms with Gasteiger partial charge in [0.05, 0.1) is 18.4 Å². The molecule has 2 N–H and O–H groups in total. The van der Waals surface area contributed by atoms with Gasteiger partial charge in [-0.1, -0.05) is 26.8 Å². The SMILES string of the molecule is Cc1nc(NCc2cnn(Cc3ccc(F)nc3)c2)nc2c1NC(=O)C(C(C)(C)C)N2C. The molecule has 4 heterocycles. The van der Waals surface area contributed by atoms with Crippen LogP contribution in [0.15, 0.2) is 30.7 Å². The van der Waals surface area contributed by atoms with Gasteiger partial charge in [-0.15, -0.1) is 0 Å². The molecule has 0 fully saturated rings. The van der Waals surface area contributed by atoms with Gasteiger partial charge >= 0.3 is 0 Å². The smallest absolute Gasteiger partial charge is 0.247 e. The number of carbonyl (C=O) groups is 1. The fourth-order valence-corrected chi connectivity index (χ4v) is 3.95. The van der Waals surface area contributed by atoms with E-state index >= 15 is 0 Å². The fraction of sp³-hybridized carbons (Fsp3) is 0.409. The summed E-state index contributed by atoms with van der Waals surface area (Å²) in [7, 11) is 1.89. The molecule has 0 saturated heterocycles. The molecule has 1 atom stereocenters. The molecule has 0 bridgehead atoms. The van der Waals surface area contributed by atoms with Crippen molar-refractivity contribution in [3.8, 4) is 0 Å². The Balaban J connectivity index is 1.48. The van der Waals surface area contributed by atoms with Crippen molar-refractivity contribution < 1.29 is 9.18 Å². The normalized spacial score (nSPS) is 16.0. The summed E-state index contributed by atoms with van der Waals surface area (Å²) in [5.41, 5.74) is 2.90. The molecule has 3 aromatic rings. The van der Waals surface area contributed by atoms with Gasteiger partial charge in [0.2, 0.25) is 17.8 Å². The molecular weight excluding hydrogens is 411 g/mol. The first-order chi connectivity index (χ1) is 15.1. The molecule has 32 heavy (non-hydrogen) atoms. The van der Waals surface area contributed by atoms with Crippen molar-refractivity contribution in [1.29, 1.82) is 0 Å². The van der Waals surface area contributed by atoms with Crippen LogP contribution in [0.3, 0.4) is 0 Å². The minimum atomic E-state index is -0.501. The summed E-state index contributed by atoms with van der Waals surface area (Å²) >= 11 is 0. The molecule has 3 aromatic heterocycles. The molecule has 1 unspecified atom stereocenters. The van der Waals surface area contributed by atoms with Gasteiger partial charge in [-0.25, -0.2) is 9.97 Å². The number of nitrogens with zero attached hydrogens (tertiary/aromatic N) is 6. The zero-order valence-electron chi connectivity index (χ0n) is 18.8. The second-order valence-electron chi connectivity index (χ2n) is 9.09. The topological polar surface area (TPSA) is 101 Å². The highest BCUT2D eigenvalue weighted by atomic mass is 19.1. The third kappa shape index (κ3) is 4.39. The molecule has 0 aromatic carbocycles. The summed E-state index contributed by atoms with van der Waals surface area (Å²) in [5.74, 6) is 0.619. The number of carbonyl (C=O) groups excluding carboxylic acids is 1. The standard InChI is InChI=1S/C22H27FN8O/c1-13-17-19(30(5)18(20(32)28-17)22(2,3)4)29-21(27-13)25-9-15-10-26-31(12-15)11-14-6-7-16(23)24-8-14/h6-8,10,12,18H,9,11H2,1-5H3,(H,28,32)(H,25,27,29). The van der Waals surface area contributed by atoms with Gasteiger partial charge in [0.15, 0.2) is 5.82 Å². The molecule has 0 spiro atoms. The van der Waals surface area contributed by atoms with Gasteiger partial charge in [-0.2, -0.15) is 14.5 Å². The second-order valence-corrected chi connectivity index (χ2v) is 9.09. The summed E-state index contributed by atoms with van der Waals surface area (Å²) < 4.78 is 14.7. The average Bonchev–Trinajstić information content (AvgIpc) is 3.15. The number of aromatic nitrogens is 5. The number of amides is 1. The summed E-state index contributed by atoms with van der Waals surface area (Å²) in [6, 6.07) is 2.68. The third-order valence-corrected chi connectivity index (χ3v) is 5.38. The first-order valence-corrected chi connectivity index (χ1v) is 10.4. The lowest BCUT2D eigenvalue weighted by Gasteiger charge is -2.41. The summed E-state index contributed by atoms with van der Waals surface area (Å²) in [6.45, 7) is 8.94. The van der Waals surface area contributed by atoms with E-state index in [0.29, 0.717) is 36.2 Å². The maximum Gasteiger partial charge on any atom is 0.247 e. The minimum Gasteiger partial charge on any atom is -0.350 e. The molecule has 1 amide bonds. The van der Waals surface area contributed by atoms with E-state index in [0.717, 1.165) is 11.1 Å². The van der Waals surface area contributed by atoms with Crippen LogP contribution < -0.4 is 15.5 Å². The number of hydrogen-bond acceptors (Lipinski definition) is 7. The molecule has 0 aliphatic carbocycles. The van der Waals surface area contributed by atoms with Crippen molar-refractivity contribution in [3.05, 3.63) is 53.5 Å². The van der Waals surface area contributed by atoms with Crippen molar-refractivity contribution in [3.63, 3.8) is 0 Å². The number of likely N-dealkylation sites (N-methyl/N-ethyl adjacent to an activating group) is 1. The molecule has 10 heteroatoms. The summed E-state index contributed by atoms with van der Waals surface area (Å²) in [5, 5.41) is 10.6. The molecule has 9 nitrogen and oxygen atoms in total. The Kier molecular flexibility index (Phi) is 5.53. The van der Waals surface area contributed by atoms with E-state index in [2.05, 4.69) is 30.7 Å². The van der Waals surface area contributed by atoms with Crippen LogP contribution in [0.4, 0.5) is 21.8 Å². The highest BCUT2D eigenvalue weighted by Gasteiger charge is 2.40. The lowest BCUT2D eigenvalue weighted by molar-refractivity contribution is -0.119. The second kappa shape index (κ2) is 8.18. The largest absolute Gasteiger partial charge is 0.350 e. The Hall–Kier alpha value is -3.56. The Labute approximate surface area is 186 Å². The number of anilines is 3. The maximum atomic E-state index is 13.0. The lowest BCUT2D eigenvalue weighted by Crippen LogP contribution is -2.53. The predicted octanol–water partition coefficient (Wildman–Crippen LogP) is 2.98. The Morgan fingerprint density at radius 1 is 1.19 bits per heavy atom.